The van der Waals surface area contributed by atoms with Gasteiger partial charge in [-0.15, -0.1) is 11.3 Å². The minimum absolute atomic E-state index is 0.867. The van der Waals surface area contributed by atoms with Crippen molar-refractivity contribution in [1.29, 1.82) is 0 Å². The zero-order valence-corrected chi connectivity index (χ0v) is 13.9. The van der Waals surface area contributed by atoms with E-state index in [0.717, 1.165) is 35.4 Å². The number of benzene rings is 1. The second kappa shape index (κ2) is 6.90. The molecule has 4 aromatic rings. The van der Waals surface area contributed by atoms with Crippen LogP contribution < -0.4 is 5.32 Å². The van der Waals surface area contributed by atoms with E-state index in [1.165, 1.54) is 16.0 Å². The number of H-pyrrole nitrogens is 1. The normalized spacial score (nSPS) is 11.2. The summed E-state index contributed by atoms with van der Waals surface area (Å²) in [6.07, 6.45) is 8.01. The lowest BCUT2D eigenvalue weighted by molar-refractivity contribution is 0.681. The fourth-order valence-corrected chi connectivity index (χ4v) is 3.58. The summed E-state index contributed by atoms with van der Waals surface area (Å²) in [5.41, 5.74) is 4.67. The van der Waals surface area contributed by atoms with Gasteiger partial charge in [0, 0.05) is 42.5 Å². The maximum absolute atomic E-state index is 4.30. The Balaban J connectivity index is 1.37. The second-order valence-corrected chi connectivity index (χ2v) is 6.67. The van der Waals surface area contributed by atoms with Crippen molar-refractivity contribution in [2.24, 2.45) is 0 Å². The average molecular weight is 335 g/mol. The quantitative estimate of drug-likeness (QED) is 0.530. The fourth-order valence-electron chi connectivity index (χ4n) is 2.59. The van der Waals surface area contributed by atoms with Crippen molar-refractivity contribution >= 4 is 21.6 Å². The summed E-state index contributed by atoms with van der Waals surface area (Å²) in [7, 11) is 0. The lowest BCUT2D eigenvalue weighted by Crippen LogP contribution is -2.16. The van der Waals surface area contributed by atoms with Crippen LogP contribution in [0.25, 0.3) is 20.7 Å². The zero-order chi connectivity index (χ0) is 16.2. The third kappa shape index (κ3) is 3.34. The summed E-state index contributed by atoms with van der Waals surface area (Å²) in [4.78, 5) is 16.7. The van der Waals surface area contributed by atoms with Gasteiger partial charge in [0.2, 0.25) is 0 Å². The van der Waals surface area contributed by atoms with Gasteiger partial charge in [-0.05, 0) is 17.2 Å². The number of hydrogen-bond donors (Lipinski definition) is 2. The molecule has 0 spiro atoms. The largest absolute Gasteiger partial charge is 0.348 e. The molecule has 0 radical (unpaired) electrons. The molecule has 0 bridgehead atoms. The van der Waals surface area contributed by atoms with Gasteiger partial charge in [-0.25, -0.2) is 15.0 Å². The minimum atomic E-state index is 0.867. The summed E-state index contributed by atoms with van der Waals surface area (Å²) in [5, 5.41) is 3.46. The zero-order valence-electron chi connectivity index (χ0n) is 13.1. The monoisotopic (exact) mass is 335 g/mol. The molecule has 0 aliphatic heterocycles. The number of rotatable bonds is 6. The van der Waals surface area contributed by atoms with Gasteiger partial charge in [0.15, 0.2) is 0 Å². The van der Waals surface area contributed by atoms with E-state index >= 15 is 0 Å². The summed E-state index contributed by atoms with van der Waals surface area (Å²) in [5.74, 6) is 0. The number of imidazole rings is 1. The fraction of sp³-hybridized carbons (Fsp3) is 0.167. The van der Waals surface area contributed by atoms with Crippen molar-refractivity contribution in [3.63, 3.8) is 0 Å². The van der Waals surface area contributed by atoms with E-state index in [0.29, 0.717) is 0 Å². The van der Waals surface area contributed by atoms with Crippen LogP contribution in [0.5, 0.6) is 0 Å². The van der Waals surface area contributed by atoms with Crippen LogP contribution in [0, 0.1) is 0 Å². The van der Waals surface area contributed by atoms with Gasteiger partial charge >= 0.3 is 0 Å². The second-order valence-electron chi connectivity index (χ2n) is 5.58. The molecule has 0 unspecified atom stereocenters. The molecule has 1 aromatic carbocycles. The third-order valence-corrected chi connectivity index (χ3v) is 5.00. The molecule has 0 aliphatic carbocycles. The van der Waals surface area contributed by atoms with Crippen LogP contribution in [0.2, 0.25) is 0 Å². The molecule has 0 saturated carbocycles. The van der Waals surface area contributed by atoms with Crippen molar-refractivity contribution in [1.82, 2.24) is 25.3 Å². The molecule has 4 rings (SSSR count). The molecule has 6 heteroatoms. The Kier molecular flexibility index (Phi) is 4.31. The van der Waals surface area contributed by atoms with Gasteiger partial charge in [-0.1, -0.05) is 24.3 Å². The highest BCUT2D eigenvalue weighted by molar-refractivity contribution is 7.22. The molecule has 0 amide bonds. The number of aromatic amines is 1. The molecule has 3 heterocycles. The Morgan fingerprint density at radius 1 is 1.08 bits per heavy atom. The van der Waals surface area contributed by atoms with Crippen molar-refractivity contribution < 1.29 is 0 Å². The molecule has 2 N–H and O–H groups in total. The van der Waals surface area contributed by atoms with Crippen molar-refractivity contribution in [3.05, 3.63) is 66.6 Å². The molecule has 24 heavy (non-hydrogen) atoms. The van der Waals surface area contributed by atoms with Crippen molar-refractivity contribution in [3.8, 4) is 10.4 Å². The predicted octanol–water partition coefficient (Wildman–Crippen LogP) is 3.41. The minimum Gasteiger partial charge on any atom is -0.348 e. The molecule has 0 saturated heterocycles. The van der Waals surface area contributed by atoms with Crippen molar-refractivity contribution in [2.75, 3.05) is 6.54 Å². The van der Waals surface area contributed by atoms with E-state index in [1.54, 1.807) is 24.0 Å². The molecule has 5 nitrogen and oxygen atoms in total. The first kappa shape index (κ1) is 15.0. The van der Waals surface area contributed by atoms with E-state index in [2.05, 4.69) is 55.6 Å². The van der Waals surface area contributed by atoms with Gasteiger partial charge in [0.05, 0.1) is 16.5 Å². The van der Waals surface area contributed by atoms with Crippen LogP contribution in [0.4, 0.5) is 0 Å². The molecule has 0 aliphatic rings. The Morgan fingerprint density at radius 3 is 2.79 bits per heavy atom. The van der Waals surface area contributed by atoms with Gasteiger partial charge in [-0.3, -0.25) is 0 Å². The van der Waals surface area contributed by atoms with Crippen LogP contribution >= 0.6 is 11.3 Å². The van der Waals surface area contributed by atoms with Gasteiger partial charge < -0.3 is 10.3 Å². The third-order valence-electron chi connectivity index (χ3n) is 3.89. The first-order chi connectivity index (χ1) is 11.9. The summed E-state index contributed by atoms with van der Waals surface area (Å²) in [6, 6.07) is 10.8. The summed E-state index contributed by atoms with van der Waals surface area (Å²) >= 11 is 1.73. The van der Waals surface area contributed by atoms with E-state index in [1.807, 2.05) is 12.4 Å². The van der Waals surface area contributed by atoms with E-state index in [4.69, 9.17) is 0 Å². The topological polar surface area (TPSA) is 66.5 Å². The van der Waals surface area contributed by atoms with Gasteiger partial charge in [0.25, 0.3) is 0 Å². The lowest BCUT2D eigenvalue weighted by atomic mass is 10.1. The van der Waals surface area contributed by atoms with Crippen molar-refractivity contribution in [2.45, 2.75) is 13.0 Å². The summed E-state index contributed by atoms with van der Waals surface area (Å²) in [6.45, 7) is 1.80. The Hall–Kier alpha value is -2.57. The standard InChI is InChI=1S/C18H17N5S/c1-3-14(17-7-16-18(24-17)10-21-12-23-16)4-2-13(1)8-19-6-5-15-9-20-11-22-15/h1-4,7,9-12,19H,5-6,8H2,(H,20,22). The van der Waals surface area contributed by atoms with Crippen LogP contribution in [-0.2, 0) is 13.0 Å². The van der Waals surface area contributed by atoms with E-state index in [-0.39, 0.29) is 0 Å². The number of aromatic nitrogens is 4. The molecular formula is C18H17N5S. The summed E-state index contributed by atoms with van der Waals surface area (Å²) < 4.78 is 1.12. The maximum Gasteiger partial charge on any atom is 0.116 e. The molecule has 3 aromatic heterocycles. The van der Waals surface area contributed by atoms with E-state index < -0.39 is 0 Å². The number of nitrogens with one attached hydrogen (secondary N) is 2. The molecule has 0 atom stereocenters. The van der Waals surface area contributed by atoms with E-state index in [9.17, 15) is 0 Å². The Morgan fingerprint density at radius 2 is 2.00 bits per heavy atom. The SMILES string of the molecule is c1ncc2sc(-c3ccc(CNCCc4cnc[nH]4)cc3)cc2n1. The van der Waals surface area contributed by atoms with Crippen LogP contribution in [-0.4, -0.2) is 26.5 Å². The van der Waals surface area contributed by atoms with Crippen LogP contribution in [0.3, 0.4) is 0 Å². The number of nitrogens with zero attached hydrogens (tertiary/aromatic N) is 3. The number of fused-ring (bicyclic) bond motifs is 1. The Bertz CT molecular complexity index is 879. The average Bonchev–Trinajstić information content (AvgIpc) is 3.28. The highest BCUT2D eigenvalue weighted by Gasteiger charge is 2.05. The number of thiophene rings is 1. The highest BCUT2D eigenvalue weighted by Crippen LogP contribution is 2.31. The first-order valence-electron chi connectivity index (χ1n) is 7.85. The molecule has 120 valence electrons. The van der Waals surface area contributed by atoms with Crippen LogP contribution in [0.15, 0.2) is 55.4 Å². The Labute approximate surface area is 143 Å². The van der Waals surface area contributed by atoms with Gasteiger partial charge in [-0.2, -0.15) is 0 Å². The van der Waals surface area contributed by atoms with Gasteiger partial charge in [0.1, 0.15) is 6.33 Å². The van der Waals surface area contributed by atoms with Crippen LogP contribution in [0.1, 0.15) is 11.3 Å². The lowest BCUT2D eigenvalue weighted by Gasteiger charge is -2.05. The molecule has 0 fully saturated rings. The maximum atomic E-state index is 4.30. The first-order valence-corrected chi connectivity index (χ1v) is 8.67. The highest BCUT2D eigenvalue weighted by atomic mass is 32.1. The predicted molar refractivity (Wildman–Crippen MR) is 96.8 cm³/mol. The number of hydrogen-bond acceptors (Lipinski definition) is 5. The molecular weight excluding hydrogens is 318 g/mol. The smallest absolute Gasteiger partial charge is 0.116 e.